The number of nitrogens with one attached hydrogen (secondary N) is 1. The normalized spacial score (nSPS) is 11.1. The lowest BCUT2D eigenvalue weighted by Crippen LogP contribution is -2.15. The van der Waals surface area contributed by atoms with E-state index in [0.29, 0.717) is 21.8 Å². The summed E-state index contributed by atoms with van der Waals surface area (Å²) >= 11 is 5.89. The van der Waals surface area contributed by atoms with E-state index < -0.39 is 16.0 Å². The first kappa shape index (κ1) is 17.3. The lowest BCUT2D eigenvalue weighted by Gasteiger charge is -2.13. The second kappa shape index (κ2) is 6.60. The van der Waals surface area contributed by atoms with Gasteiger partial charge >= 0.3 is 5.97 Å². The zero-order valence-corrected chi connectivity index (χ0v) is 14.5. The number of benzene rings is 2. The summed E-state index contributed by atoms with van der Waals surface area (Å²) in [5, 5.41) is 0.330. The van der Waals surface area contributed by atoms with Crippen LogP contribution in [0.4, 0.5) is 5.69 Å². The first-order valence-corrected chi connectivity index (χ1v) is 8.58. The first-order valence-electron chi connectivity index (χ1n) is 6.72. The zero-order valence-electron chi connectivity index (χ0n) is 12.9. The maximum absolute atomic E-state index is 12.6. The van der Waals surface area contributed by atoms with Gasteiger partial charge < -0.3 is 4.74 Å². The molecule has 7 heteroatoms. The third-order valence-electron chi connectivity index (χ3n) is 3.34. The number of methoxy groups -OCH3 is 1. The van der Waals surface area contributed by atoms with Gasteiger partial charge in [-0.05, 0) is 49.2 Å². The standard InChI is InChI=1S/C16H16ClNO4S/c1-10-4-6-12(16(19)22-3)8-14(10)18-23(20,21)15-9-13(17)7-5-11(15)2/h4-9,18H,1-3H3. The highest BCUT2D eigenvalue weighted by atomic mass is 35.5. The summed E-state index contributed by atoms with van der Waals surface area (Å²) in [5.74, 6) is -0.538. The minimum absolute atomic E-state index is 0.0906. The van der Waals surface area contributed by atoms with E-state index in [1.54, 1.807) is 38.1 Å². The summed E-state index contributed by atoms with van der Waals surface area (Å²) in [5.41, 5.74) is 1.83. The van der Waals surface area contributed by atoms with Crippen molar-refractivity contribution < 1.29 is 17.9 Å². The molecule has 0 aliphatic carbocycles. The van der Waals surface area contributed by atoms with E-state index in [1.165, 1.54) is 19.2 Å². The van der Waals surface area contributed by atoms with Gasteiger partial charge in [0.05, 0.1) is 23.3 Å². The fourth-order valence-electron chi connectivity index (χ4n) is 2.04. The Bertz CT molecular complexity index is 862. The molecule has 122 valence electrons. The maximum Gasteiger partial charge on any atom is 0.337 e. The van der Waals surface area contributed by atoms with Crippen molar-refractivity contribution >= 4 is 33.3 Å². The van der Waals surface area contributed by atoms with Crippen molar-refractivity contribution in [1.29, 1.82) is 0 Å². The molecule has 0 bridgehead atoms. The molecule has 0 aromatic heterocycles. The van der Waals surface area contributed by atoms with E-state index in [1.807, 2.05) is 0 Å². The number of halogens is 1. The molecular weight excluding hydrogens is 338 g/mol. The molecule has 2 aromatic rings. The van der Waals surface area contributed by atoms with Gasteiger partial charge in [-0.25, -0.2) is 13.2 Å². The second-order valence-electron chi connectivity index (χ2n) is 5.04. The summed E-state index contributed by atoms with van der Waals surface area (Å²) in [6.45, 7) is 3.42. The third kappa shape index (κ3) is 3.83. The lowest BCUT2D eigenvalue weighted by molar-refractivity contribution is 0.0601. The van der Waals surface area contributed by atoms with Crippen molar-refractivity contribution in [3.8, 4) is 0 Å². The van der Waals surface area contributed by atoms with Crippen LogP contribution in [0, 0.1) is 13.8 Å². The van der Waals surface area contributed by atoms with Gasteiger partial charge in [-0.2, -0.15) is 0 Å². The summed E-state index contributed by atoms with van der Waals surface area (Å²) < 4.78 is 32.3. The fourth-order valence-corrected chi connectivity index (χ4v) is 3.67. The molecule has 0 saturated heterocycles. The maximum atomic E-state index is 12.6. The molecule has 0 saturated carbocycles. The van der Waals surface area contributed by atoms with E-state index in [0.717, 1.165) is 0 Å². The largest absolute Gasteiger partial charge is 0.465 e. The molecule has 0 fully saturated rings. The zero-order chi connectivity index (χ0) is 17.2. The first-order chi connectivity index (χ1) is 10.7. The molecule has 23 heavy (non-hydrogen) atoms. The van der Waals surface area contributed by atoms with Gasteiger partial charge in [0.1, 0.15) is 0 Å². The molecule has 2 rings (SSSR count). The summed E-state index contributed by atoms with van der Waals surface area (Å²) in [6, 6.07) is 9.31. The smallest absolute Gasteiger partial charge is 0.337 e. The van der Waals surface area contributed by atoms with Crippen LogP contribution in [0.3, 0.4) is 0 Å². The molecule has 1 N–H and O–H groups in total. The molecule has 0 spiro atoms. The number of ether oxygens (including phenoxy) is 1. The number of hydrogen-bond donors (Lipinski definition) is 1. The van der Waals surface area contributed by atoms with Crippen LogP contribution in [0.2, 0.25) is 5.02 Å². The van der Waals surface area contributed by atoms with Gasteiger partial charge in [0.15, 0.2) is 0 Å². The Labute approximate surface area is 140 Å². The van der Waals surface area contributed by atoms with Crippen LogP contribution in [-0.4, -0.2) is 21.5 Å². The number of esters is 1. The molecule has 0 heterocycles. The average molecular weight is 354 g/mol. The number of carbonyl (C=O) groups excluding carboxylic acids is 1. The van der Waals surface area contributed by atoms with Gasteiger partial charge in [-0.15, -0.1) is 0 Å². The van der Waals surface area contributed by atoms with Gasteiger partial charge in [-0.1, -0.05) is 23.7 Å². The molecule has 2 aromatic carbocycles. The third-order valence-corrected chi connectivity index (χ3v) is 5.09. The Balaban J connectivity index is 2.45. The van der Waals surface area contributed by atoms with Crippen LogP contribution < -0.4 is 4.72 Å². The highest BCUT2D eigenvalue weighted by Crippen LogP contribution is 2.25. The van der Waals surface area contributed by atoms with Crippen LogP contribution >= 0.6 is 11.6 Å². The van der Waals surface area contributed by atoms with Gasteiger partial charge in [-0.3, -0.25) is 4.72 Å². The van der Waals surface area contributed by atoms with Crippen molar-refractivity contribution in [2.75, 3.05) is 11.8 Å². The van der Waals surface area contributed by atoms with E-state index in [-0.39, 0.29) is 10.5 Å². The molecule has 0 amide bonds. The second-order valence-corrected chi connectivity index (χ2v) is 7.12. The highest BCUT2D eigenvalue weighted by Gasteiger charge is 2.19. The van der Waals surface area contributed by atoms with Crippen molar-refractivity contribution in [3.63, 3.8) is 0 Å². The molecule has 0 atom stereocenters. The van der Waals surface area contributed by atoms with Crippen molar-refractivity contribution in [2.45, 2.75) is 18.7 Å². The van der Waals surface area contributed by atoms with E-state index >= 15 is 0 Å². The summed E-state index contributed by atoms with van der Waals surface area (Å²) in [6.07, 6.45) is 0. The Hall–Kier alpha value is -2.05. The summed E-state index contributed by atoms with van der Waals surface area (Å²) in [7, 11) is -2.56. The van der Waals surface area contributed by atoms with Crippen LogP contribution in [-0.2, 0) is 14.8 Å². The van der Waals surface area contributed by atoms with Crippen molar-refractivity contribution in [3.05, 3.63) is 58.1 Å². The molecule has 5 nitrogen and oxygen atoms in total. The van der Waals surface area contributed by atoms with Crippen LogP contribution in [0.25, 0.3) is 0 Å². The minimum atomic E-state index is -3.82. The Morgan fingerprint density at radius 1 is 1.09 bits per heavy atom. The SMILES string of the molecule is COC(=O)c1ccc(C)c(NS(=O)(=O)c2cc(Cl)ccc2C)c1. The number of carbonyl (C=O) groups is 1. The fraction of sp³-hybridized carbons (Fsp3) is 0.188. The number of anilines is 1. The summed E-state index contributed by atoms with van der Waals surface area (Å²) in [4.78, 5) is 11.7. The molecule has 0 unspecified atom stereocenters. The minimum Gasteiger partial charge on any atom is -0.465 e. The number of sulfonamides is 1. The Morgan fingerprint density at radius 2 is 1.74 bits per heavy atom. The van der Waals surface area contributed by atoms with E-state index in [9.17, 15) is 13.2 Å². The van der Waals surface area contributed by atoms with Crippen LogP contribution in [0.15, 0.2) is 41.3 Å². The van der Waals surface area contributed by atoms with Crippen molar-refractivity contribution in [2.24, 2.45) is 0 Å². The Kier molecular flexibility index (Phi) is 4.97. The van der Waals surface area contributed by atoms with Gasteiger partial charge in [0.25, 0.3) is 10.0 Å². The van der Waals surface area contributed by atoms with E-state index in [4.69, 9.17) is 11.6 Å². The number of hydrogen-bond acceptors (Lipinski definition) is 4. The molecule has 0 aliphatic rings. The number of rotatable bonds is 4. The average Bonchev–Trinajstić information content (AvgIpc) is 2.50. The quantitative estimate of drug-likeness (QED) is 0.853. The van der Waals surface area contributed by atoms with Gasteiger partial charge in [0, 0.05) is 5.02 Å². The Morgan fingerprint density at radius 3 is 2.39 bits per heavy atom. The highest BCUT2D eigenvalue weighted by molar-refractivity contribution is 7.92. The predicted molar refractivity (Wildman–Crippen MR) is 89.5 cm³/mol. The monoisotopic (exact) mass is 353 g/mol. The predicted octanol–water partition coefficient (Wildman–Crippen LogP) is 3.54. The van der Waals surface area contributed by atoms with Crippen LogP contribution in [0.5, 0.6) is 0 Å². The van der Waals surface area contributed by atoms with Crippen LogP contribution in [0.1, 0.15) is 21.5 Å². The van der Waals surface area contributed by atoms with Crippen molar-refractivity contribution in [1.82, 2.24) is 0 Å². The molecule has 0 radical (unpaired) electrons. The number of aryl methyl sites for hydroxylation is 2. The topological polar surface area (TPSA) is 72.5 Å². The molecular formula is C16H16ClNO4S. The lowest BCUT2D eigenvalue weighted by atomic mass is 10.1. The molecule has 0 aliphatic heterocycles. The van der Waals surface area contributed by atoms with Gasteiger partial charge in [0.2, 0.25) is 0 Å². The van der Waals surface area contributed by atoms with E-state index in [2.05, 4.69) is 9.46 Å².